The van der Waals surface area contributed by atoms with Gasteiger partial charge < -0.3 is 23.7 Å². The van der Waals surface area contributed by atoms with Crippen LogP contribution in [0.2, 0.25) is 0 Å². The Kier molecular flexibility index (Phi) is 12.7. The minimum absolute atomic E-state index is 0.0451. The van der Waals surface area contributed by atoms with Gasteiger partial charge in [-0.2, -0.15) is 0 Å². The van der Waals surface area contributed by atoms with Crippen molar-refractivity contribution in [1.29, 1.82) is 0 Å². The molecule has 1 aliphatic heterocycles. The number of ether oxygens (including phenoxy) is 5. The van der Waals surface area contributed by atoms with E-state index in [-0.39, 0.29) is 59.3 Å². The second kappa shape index (κ2) is 15.7. The van der Waals surface area contributed by atoms with Gasteiger partial charge in [-0.25, -0.2) is 14.4 Å². The highest BCUT2D eigenvalue weighted by Crippen LogP contribution is 2.44. The van der Waals surface area contributed by atoms with E-state index in [0.717, 1.165) is 4.90 Å². The number of nitro groups is 1. The second-order valence-corrected chi connectivity index (χ2v) is 10.2. The van der Waals surface area contributed by atoms with Gasteiger partial charge in [0.05, 0.1) is 34.7 Å². The zero-order valence-corrected chi connectivity index (χ0v) is 25.0. The quantitative estimate of drug-likeness (QED) is 0.0778. The first kappa shape index (κ1) is 33.9. The van der Waals surface area contributed by atoms with E-state index in [1.54, 1.807) is 13.8 Å². The van der Waals surface area contributed by atoms with Crippen LogP contribution in [-0.4, -0.2) is 67.0 Å². The first-order valence-electron chi connectivity index (χ1n) is 13.4. The predicted octanol–water partition coefficient (Wildman–Crippen LogP) is 4.76. The molecule has 1 aromatic carbocycles. The summed E-state index contributed by atoms with van der Waals surface area (Å²) in [6, 6.07) is 5.45. The molecule has 1 heterocycles. The zero-order chi connectivity index (χ0) is 31.6. The fourth-order valence-electron chi connectivity index (χ4n) is 4.27. The van der Waals surface area contributed by atoms with Crippen molar-refractivity contribution in [2.45, 2.75) is 66.4 Å². The third-order valence-electron chi connectivity index (χ3n) is 6.26. The summed E-state index contributed by atoms with van der Waals surface area (Å²) < 4.78 is 26.0. The number of esters is 3. The van der Waals surface area contributed by atoms with Crippen molar-refractivity contribution >= 4 is 29.7 Å². The van der Waals surface area contributed by atoms with Gasteiger partial charge in [0.15, 0.2) is 0 Å². The molecule has 13 nitrogen and oxygen atoms in total. The Morgan fingerprint density at radius 2 is 1.60 bits per heavy atom. The predicted molar refractivity (Wildman–Crippen MR) is 149 cm³/mol. The number of nitro benzene ring substituents is 1. The number of non-ortho nitro benzene ring substituents is 1. The van der Waals surface area contributed by atoms with E-state index in [0.29, 0.717) is 6.42 Å². The molecule has 0 fully saturated rings. The molecule has 13 heteroatoms. The molecule has 1 atom stereocenters. The summed E-state index contributed by atoms with van der Waals surface area (Å²) in [5.41, 5.74) is -0.210. The van der Waals surface area contributed by atoms with Crippen LogP contribution in [0.4, 0.5) is 10.5 Å². The molecular formula is C29H38N2O11. The standard InChI is InChI=1S/C29H38N2O11/c1-17(2)11-12-23(32)40-16-41-29(35)30-19(5)24(27(33)39-14-13-38-7)26(21-9-8-10-22(15-21)31(36)37)25(20(30)6)28(34)42-18(3)4/h8-10,15,17-18,26H,11-14,16H2,1-7H3. The van der Waals surface area contributed by atoms with Gasteiger partial charge in [0.25, 0.3) is 5.69 Å². The Labute approximate surface area is 244 Å². The van der Waals surface area contributed by atoms with E-state index in [9.17, 15) is 29.3 Å². The highest BCUT2D eigenvalue weighted by Gasteiger charge is 2.43. The lowest BCUT2D eigenvalue weighted by Gasteiger charge is -2.36. The number of allylic oxidation sites excluding steroid dienone is 2. The first-order chi connectivity index (χ1) is 19.8. The van der Waals surface area contributed by atoms with Crippen LogP contribution in [0.1, 0.15) is 65.9 Å². The molecule has 0 aliphatic carbocycles. The van der Waals surface area contributed by atoms with Crippen LogP contribution in [-0.2, 0) is 38.1 Å². The van der Waals surface area contributed by atoms with E-state index in [1.165, 1.54) is 45.2 Å². The average Bonchev–Trinajstić information content (AvgIpc) is 2.91. The number of nitrogens with zero attached hydrogens (tertiary/aromatic N) is 2. The number of methoxy groups -OCH3 is 1. The van der Waals surface area contributed by atoms with E-state index in [4.69, 9.17) is 23.7 Å². The largest absolute Gasteiger partial charge is 0.460 e. The summed E-state index contributed by atoms with van der Waals surface area (Å²) in [6.07, 6.45) is -0.864. The Morgan fingerprint density at radius 3 is 2.17 bits per heavy atom. The van der Waals surface area contributed by atoms with Gasteiger partial charge in [-0.15, -0.1) is 0 Å². The fraction of sp³-hybridized carbons (Fsp3) is 0.517. The maximum Gasteiger partial charge on any atom is 0.421 e. The highest BCUT2D eigenvalue weighted by molar-refractivity contribution is 6.01. The maximum absolute atomic E-state index is 13.5. The SMILES string of the molecule is COCCOC(=O)C1=C(C)N(C(=O)OCOC(=O)CCC(C)C)C(C)=C(C(=O)OC(C)C)C1c1cccc([N+](=O)[O-])c1. The van der Waals surface area contributed by atoms with E-state index in [2.05, 4.69) is 0 Å². The van der Waals surface area contributed by atoms with Crippen LogP contribution in [0.3, 0.4) is 0 Å². The molecule has 1 aliphatic rings. The van der Waals surface area contributed by atoms with Crippen molar-refractivity contribution in [3.63, 3.8) is 0 Å². The number of carbonyl (C=O) groups is 4. The Bertz CT molecular complexity index is 1250. The molecule has 0 spiro atoms. The summed E-state index contributed by atoms with van der Waals surface area (Å²) in [4.78, 5) is 64.2. The van der Waals surface area contributed by atoms with Gasteiger partial charge >= 0.3 is 24.0 Å². The molecule has 0 N–H and O–H groups in total. The minimum atomic E-state index is -1.19. The molecule has 2 rings (SSSR count). The molecule has 0 bridgehead atoms. The van der Waals surface area contributed by atoms with Crippen LogP contribution in [0, 0.1) is 16.0 Å². The molecule has 42 heavy (non-hydrogen) atoms. The molecule has 0 radical (unpaired) electrons. The summed E-state index contributed by atoms with van der Waals surface area (Å²) in [6.45, 7) is 9.29. The Hall–Kier alpha value is -4.26. The van der Waals surface area contributed by atoms with E-state index >= 15 is 0 Å². The summed E-state index contributed by atoms with van der Waals surface area (Å²) >= 11 is 0. The average molecular weight is 591 g/mol. The normalized spacial score (nSPS) is 15.2. The molecule has 0 saturated heterocycles. The van der Waals surface area contributed by atoms with Crippen molar-refractivity contribution in [1.82, 2.24) is 4.90 Å². The molecular weight excluding hydrogens is 552 g/mol. The van der Waals surface area contributed by atoms with Crippen molar-refractivity contribution < 1.29 is 47.8 Å². The van der Waals surface area contributed by atoms with Crippen LogP contribution >= 0.6 is 0 Å². The second-order valence-electron chi connectivity index (χ2n) is 10.2. The first-order valence-corrected chi connectivity index (χ1v) is 13.4. The van der Waals surface area contributed by atoms with Crippen molar-refractivity contribution in [3.05, 3.63) is 62.5 Å². The lowest BCUT2D eigenvalue weighted by atomic mass is 9.79. The van der Waals surface area contributed by atoms with E-state index < -0.39 is 47.7 Å². The minimum Gasteiger partial charge on any atom is -0.460 e. The number of carbonyl (C=O) groups excluding carboxylic acids is 4. The highest BCUT2D eigenvalue weighted by atomic mass is 16.7. The Balaban J connectivity index is 2.62. The number of hydrogen-bond donors (Lipinski definition) is 0. The van der Waals surface area contributed by atoms with Gasteiger partial charge in [-0.3, -0.25) is 19.8 Å². The third-order valence-corrected chi connectivity index (χ3v) is 6.26. The number of rotatable bonds is 13. The van der Waals surface area contributed by atoms with Gasteiger partial charge in [0.1, 0.15) is 6.61 Å². The fourth-order valence-corrected chi connectivity index (χ4v) is 4.27. The molecule has 230 valence electrons. The van der Waals surface area contributed by atoms with Gasteiger partial charge in [0.2, 0.25) is 6.79 Å². The van der Waals surface area contributed by atoms with Crippen molar-refractivity contribution in [3.8, 4) is 0 Å². The van der Waals surface area contributed by atoms with Crippen LogP contribution in [0.5, 0.6) is 0 Å². The van der Waals surface area contributed by atoms with Crippen molar-refractivity contribution in [2.75, 3.05) is 27.1 Å². The maximum atomic E-state index is 13.5. The molecule has 1 unspecified atom stereocenters. The van der Waals surface area contributed by atoms with Crippen molar-refractivity contribution in [2.24, 2.45) is 5.92 Å². The lowest BCUT2D eigenvalue weighted by Crippen LogP contribution is -2.39. The summed E-state index contributed by atoms with van der Waals surface area (Å²) in [5.74, 6) is -3.21. The van der Waals surface area contributed by atoms with Crippen LogP contribution in [0.15, 0.2) is 46.8 Å². The van der Waals surface area contributed by atoms with Gasteiger partial charge in [-0.1, -0.05) is 26.0 Å². The molecule has 0 aromatic heterocycles. The monoisotopic (exact) mass is 590 g/mol. The van der Waals surface area contributed by atoms with Gasteiger partial charge in [0, 0.05) is 37.1 Å². The summed E-state index contributed by atoms with van der Waals surface area (Å²) in [7, 11) is 1.42. The lowest BCUT2D eigenvalue weighted by molar-refractivity contribution is -0.384. The van der Waals surface area contributed by atoms with E-state index in [1.807, 2.05) is 13.8 Å². The zero-order valence-electron chi connectivity index (χ0n) is 25.0. The summed E-state index contributed by atoms with van der Waals surface area (Å²) in [5, 5.41) is 11.6. The van der Waals surface area contributed by atoms with Crippen LogP contribution in [0.25, 0.3) is 0 Å². The van der Waals surface area contributed by atoms with Crippen LogP contribution < -0.4 is 0 Å². The Morgan fingerprint density at radius 1 is 0.952 bits per heavy atom. The smallest absolute Gasteiger partial charge is 0.421 e. The number of benzene rings is 1. The molecule has 1 amide bonds. The topological polar surface area (TPSA) is 161 Å². The van der Waals surface area contributed by atoms with Gasteiger partial charge in [-0.05, 0) is 45.6 Å². The third kappa shape index (κ3) is 8.87. The molecule has 1 aromatic rings. The molecule has 0 saturated carbocycles. The number of amides is 1. The number of hydrogen-bond acceptors (Lipinski definition) is 11.